The van der Waals surface area contributed by atoms with Crippen molar-refractivity contribution >= 4 is 22.9 Å². The zero-order valence-corrected chi connectivity index (χ0v) is 16.7. The van der Waals surface area contributed by atoms with Gasteiger partial charge in [-0.15, -0.1) is 11.3 Å². The molecule has 10 heteroatoms. The number of halogens is 2. The minimum atomic E-state index is -1.88. The van der Waals surface area contributed by atoms with E-state index in [-0.39, 0.29) is 24.6 Å². The summed E-state index contributed by atoms with van der Waals surface area (Å²) in [6, 6.07) is 9.84. The highest BCUT2D eigenvalue weighted by Gasteiger charge is 2.16. The van der Waals surface area contributed by atoms with Gasteiger partial charge in [-0.25, -0.2) is 9.48 Å². The van der Waals surface area contributed by atoms with Gasteiger partial charge in [0.05, 0.1) is 13.1 Å². The van der Waals surface area contributed by atoms with E-state index in [1.165, 1.54) is 22.2 Å². The molecule has 1 aliphatic rings. The number of thiophene rings is 1. The van der Waals surface area contributed by atoms with Crippen molar-refractivity contribution < 1.29 is 13.6 Å². The highest BCUT2D eigenvalue weighted by Crippen LogP contribution is 2.33. The fourth-order valence-corrected chi connectivity index (χ4v) is 4.30. The number of nitrogens with two attached hydrogens (primary N) is 1. The predicted molar refractivity (Wildman–Crippen MR) is 111 cm³/mol. The van der Waals surface area contributed by atoms with Gasteiger partial charge in [0.25, 0.3) is 6.08 Å². The lowest BCUT2D eigenvalue weighted by molar-refractivity contribution is -0.116. The molecule has 3 heterocycles. The first-order valence-corrected chi connectivity index (χ1v) is 10.1. The summed E-state index contributed by atoms with van der Waals surface area (Å²) in [5.74, 6) is 0.0305. The van der Waals surface area contributed by atoms with Crippen LogP contribution in [0.5, 0.6) is 0 Å². The quantitative estimate of drug-likeness (QED) is 0.628. The van der Waals surface area contributed by atoms with Gasteiger partial charge in [0, 0.05) is 34.0 Å². The Hall–Kier alpha value is -3.11. The Kier molecular flexibility index (Phi) is 5.60. The lowest BCUT2D eigenvalue weighted by atomic mass is 10.00. The molecule has 156 valence electrons. The fraction of sp³-hybridized carbons (Fsp3) is 0.250. The Morgan fingerprint density at radius 2 is 2.03 bits per heavy atom. The topological polar surface area (TPSA) is 94.9 Å². The average molecular weight is 431 g/mol. The first-order valence-electron chi connectivity index (χ1n) is 9.32. The summed E-state index contributed by atoms with van der Waals surface area (Å²) in [7, 11) is 0. The molecule has 0 saturated carbocycles. The molecule has 30 heavy (non-hydrogen) atoms. The van der Waals surface area contributed by atoms with E-state index >= 15 is 0 Å². The van der Waals surface area contributed by atoms with Crippen LogP contribution in [0.2, 0.25) is 0 Å². The van der Waals surface area contributed by atoms with E-state index in [0.717, 1.165) is 31.3 Å². The van der Waals surface area contributed by atoms with Crippen molar-refractivity contribution in [1.82, 2.24) is 14.3 Å². The second-order valence-corrected chi connectivity index (χ2v) is 8.12. The normalized spacial score (nSPS) is 13.1. The van der Waals surface area contributed by atoms with Gasteiger partial charge in [-0.05, 0) is 41.8 Å². The van der Waals surface area contributed by atoms with Crippen molar-refractivity contribution in [2.45, 2.75) is 25.9 Å². The third-order valence-electron chi connectivity index (χ3n) is 4.92. The Labute approximate surface area is 174 Å². The third kappa shape index (κ3) is 4.10. The fourth-order valence-electron chi connectivity index (χ4n) is 3.29. The smallest absolute Gasteiger partial charge is 0.327 e. The number of aryl methyl sites for hydroxylation is 1. The molecule has 0 saturated heterocycles. The third-order valence-corrected chi connectivity index (χ3v) is 6.04. The maximum absolute atomic E-state index is 12.8. The largest absolute Gasteiger partial charge is 0.346 e. The summed E-state index contributed by atoms with van der Waals surface area (Å²) >= 11 is 1.54. The van der Waals surface area contributed by atoms with Crippen LogP contribution >= 0.6 is 11.3 Å². The van der Waals surface area contributed by atoms with E-state index in [9.17, 15) is 18.4 Å². The van der Waals surface area contributed by atoms with Crippen LogP contribution in [0.25, 0.3) is 10.4 Å². The van der Waals surface area contributed by atoms with E-state index in [1.54, 1.807) is 0 Å². The maximum atomic E-state index is 12.8. The second-order valence-electron chi connectivity index (χ2n) is 6.95. The summed E-state index contributed by atoms with van der Waals surface area (Å²) in [5, 5.41) is 6.78. The van der Waals surface area contributed by atoms with E-state index in [4.69, 9.17) is 5.73 Å². The van der Waals surface area contributed by atoms with Crippen molar-refractivity contribution in [3.63, 3.8) is 0 Å². The van der Waals surface area contributed by atoms with Crippen LogP contribution < -0.4 is 16.7 Å². The van der Waals surface area contributed by atoms with E-state index < -0.39 is 11.8 Å². The van der Waals surface area contributed by atoms with E-state index in [1.807, 2.05) is 24.3 Å². The number of benzene rings is 1. The second kappa shape index (κ2) is 8.33. The van der Waals surface area contributed by atoms with Gasteiger partial charge in [-0.2, -0.15) is 13.9 Å². The molecule has 3 aromatic rings. The number of anilines is 1. The van der Waals surface area contributed by atoms with E-state index in [0.29, 0.717) is 19.4 Å². The highest BCUT2D eigenvalue weighted by molar-refractivity contribution is 7.15. The molecule has 7 nitrogen and oxygen atoms in total. The molecule has 0 bridgehead atoms. The first kappa shape index (κ1) is 20.2. The Bertz CT molecular complexity index is 1190. The van der Waals surface area contributed by atoms with Crippen LogP contribution in [0.1, 0.15) is 16.9 Å². The summed E-state index contributed by atoms with van der Waals surface area (Å²) < 4.78 is 27.9. The lowest BCUT2D eigenvalue weighted by Gasteiger charge is -2.17. The van der Waals surface area contributed by atoms with Gasteiger partial charge in [0.15, 0.2) is 0 Å². The van der Waals surface area contributed by atoms with Crippen LogP contribution in [0.4, 0.5) is 14.5 Å². The number of aromatic nitrogens is 3. The Morgan fingerprint density at radius 1 is 1.20 bits per heavy atom. The van der Waals surface area contributed by atoms with Gasteiger partial charge < -0.3 is 11.1 Å². The van der Waals surface area contributed by atoms with Crippen LogP contribution in [-0.4, -0.2) is 26.8 Å². The van der Waals surface area contributed by atoms with Crippen molar-refractivity contribution in [2.75, 3.05) is 11.9 Å². The molecule has 0 fully saturated rings. The predicted octanol–water partition coefficient (Wildman–Crippen LogP) is 2.82. The number of hydrogen-bond donors (Lipinski definition) is 2. The summed E-state index contributed by atoms with van der Waals surface area (Å²) in [6.07, 6.45) is 0.645. The lowest BCUT2D eigenvalue weighted by Crippen LogP contribution is -2.27. The van der Waals surface area contributed by atoms with Crippen molar-refractivity contribution in [3.05, 3.63) is 69.2 Å². The van der Waals surface area contributed by atoms with Gasteiger partial charge >= 0.3 is 5.69 Å². The molecule has 1 aliphatic heterocycles. The number of amides is 1. The van der Waals surface area contributed by atoms with Gasteiger partial charge in [-0.1, -0.05) is 6.07 Å². The van der Waals surface area contributed by atoms with Crippen LogP contribution in [-0.2, 0) is 24.3 Å². The molecular weight excluding hydrogens is 412 g/mol. The first-order chi connectivity index (χ1) is 14.4. The monoisotopic (exact) mass is 431 g/mol. The zero-order valence-electron chi connectivity index (χ0n) is 15.9. The minimum Gasteiger partial charge on any atom is -0.327 e. The summed E-state index contributed by atoms with van der Waals surface area (Å²) in [5.41, 5.74) is 7.51. The number of fused-ring (bicyclic) bond motifs is 1. The zero-order chi connectivity index (χ0) is 21.3. The standard InChI is InChI=1S/C20H19F2N5O2S/c21-19(22)14(8-23)9-27-20(29)26(11-24-27)10-15-3-5-17(30-15)13-1-4-16-12(7-13)2-6-18(28)25-16/h1,3-5,7,11H,2,6,8-10,23H2,(H,25,28). The van der Waals surface area contributed by atoms with E-state index in [2.05, 4.69) is 16.5 Å². The number of nitrogens with zero attached hydrogens (tertiary/aromatic N) is 3. The number of nitrogens with one attached hydrogen (secondary N) is 1. The SMILES string of the molecule is NCC(Cn1ncn(Cc2ccc(-c3ccc4c(c3)CCC(=O)N4)s2)c1=O)=C(F)F. The van der Waals surface area contributed by atoms with Crippen molar-refractivity contribution in [2.24, 2.45) is 5.73 Å². The van der Waals surface area contributed by atoms with Gasteiger partial charge in [0.2, 0.25) is 5.91 Å². The number of rotatable bonds is 6. The molecule has 0 atom stereocenters. The summed E-state index contributed by atoms with van der Waals surface area (Å²) in [6.45, 7) is -0.364. The van der Waals surface area contributed by atoms with Gasteiger partial charge in [-0.3, -0.25) is 9.36 Å². The minimum absolute atomic E-state index is 0.0305. The Morgan fingerprint density at radius 3 is 2.80 bits per heavy atom. The molecule has 3 N–H and O–H groups in total. The number of hydrogen-bond acceptors (Lipinski definition) is 5. The molecule has 2 aromatic heterocycles. The number of carbonyl (C=O) groups excluding carboxylic acids is 1. The van der Waals surface area contributed by atoms with Crippen molar-refractivity contribution in [3.8, 4) is 10.4 Å². The Balaban J connectivity index is 1.51. The maximum Gasteiger partial charge on any atom is 0.346 e. The molecule has 0 spiro atoms. The van der Waals surface area contributed by atoms with Crippen LogP contribution in [0.3, 0.4) is 0 Å². The van der Waals surface area contributed by atoms with Crippen LogP contribution in [0, 0.1) is 0 Å². The average Bonchev–Trinajstić information content (AvgIpc) is 3.33. The molecule has 1 amide bonds. The summed E-state index contributed by atoms with van der Waals surface area (Å²) in [4.78, 5) is 25.9. The highest BCUT2D eigenvalue weighted by atomic mass is 32.1. The molecule has 0 radical (unpaired) electrons. The van der Waals surface area contributed by atoms with Gasteiger partial charge in [0.1, 0.15) is 6.33 Å². The molecular formula is C20H19F2N5O2S. The van der Waals surface area contributed by atoms with Crippen molar-refractivity contribution in [1.29, 1.82) is 0 Å². The molecule has 0 unspecified atom stereocenters. The van der Waals surface area contributed by atoms with Crippen LogP contribution in [0.15, 0.2) is 53.1 Å². The number of carbonyl (C=O) groups is 1. The molecule has 1 aromatic carbocycles. The molecule has 0 aliphatic carbocycles. The molecule has 4 rings (SSSR count).